The van der Waals surface area contributed by atoms with Crippen molar-refractivity contribution in [1.82, 2.24) is 14.5 Å². The van der Waals surface area contributed by atoms with Crippen LogP contribution in [0.25, 0.3) is 0 Å². The van der Waals surface area contributed by atoms with Crippen molar-refractivity contribution in [1.29, 1.82) is 0 Å². The van der Waals surface area contributed by atoms with Crippen LogP contribution in [0.2, 0.25) is 0 Å². The molecule has 0 amide bonds. The number of thiazole rings is 1. The zero-order valence-corrected chi connectivity index (χ0v) is 8.03. The maximum absolute atomic E-state index is 5.99. The third-order valence-electron chi connectivity index (χ3n) is 1.94. The van der Waals surface area contributed by atoms with Crippen LogP contribution < -0.4 is 5.73 Å². The molecule has 2 aromatic rings. The second-order valence-electron chi connectivity index (χ2n) is 2.82. The van der Waals surface area contributed by atoms with Gasteiger partial charge in [0.05, 0.1) is 35.5 Å². The first kappa shape index (κ1) is 8.40. The lowest BCUT2D eigenvalue weighted by Gasteiger charge is -2.08. The van der Waals surface area contributed by atoms with Crippen molar-refractivity contribution in [2.45, 2.75) is 6.04 Å². The van der Waals surface area contributed by atoms with Crippen LogP contribution in [0.3, 0.4) is 0 Å². The number of hydrogen-bond donors (Lipinski definition) is 1. The standard InChI is InChI=1S/C8H10N4S/c1-12-4-10-2-7(12)8(9)6-3-13-5-11-6/h2-5,8H,9H2,1H3. The molecule has 2 heterocycles. The van der Waals surface area contributed by atoms with Crippen LogP contribution in [-0.4, -0.2) is 14.5 Å². The third-order valence-corrected chi connectivity index (χ3v) is 2.55. The highest BCUT2D eigenvalue weighted by Gasteiger charge is 2.13. The van der Waals surface area contributed by atoms with E-state index in [2.05, 4.69) is 9.97 Å². The lowest BCUT2D eigenvalue weighted by Crippen LogP contribution is -2.15. The van der Waals surface area contributed by atoms with E-state index in [-0.39, 0.29) is 6.04 Å². The molecule has 4 nitrogen and oxygen atoms in total. The third kappa shape index (κ3) is 1.48. The Morgan fingerprint density at radius 1 is 1.62 bits per heavy atom. The maximum Gasteiger partial charge on any atom is 0.0946 e. The fourth-order valence-electron chi connectivity index (χ4n) is 1.19. The van der Waals surface area contributed by atoms with Crippen LogP contribution in [0, 0.1) is 0 Å². The van der Waals surface area contributed by atoms with Crippen molar-refractivity contribution >= 4 is 11.3 Å². The van der Waals surface area contributed by atoms with Crippen molar-refractivity contribution in [2.75, 3.05) is 0 Å². The minimum Gasteiger partial charge on any atom is -0.336 e. The molecule has 0 saturated heterocycles. The molecule has 0 aliphatic rings. The summed E-state index contributed by atoms with van der Waals surface area (Å²) < 4.78 is 1.91. The van der Waals surface area contributed by atoms with Gasteiger partial charge in [-0.1, -0.05) is 0 Å². The van der Waals surface area contributed by atoms with Crippen molar-refractivity contribution in [3.8, 4) is 0 Å². The predicted molar refractivity (Wildman–Crippen MR) is 51.4 cm³/mol. The number of nitrogens with zero attached hydrogens (tertiary/aromatic N) is 3. The quantitative estimate of drug-likeness (QED) is 0.773. The Bertz CT molecular complexity index is 379. The van der Waals surface area contributed by atoms with E-state index in [1.165, 1.54) is 0 Å². The highest BCUT2D eigenvalue weighted by molar-refractivity contribution is 7.07. The molecule has 0 radical (unpaired) electrons. The van der Waals surface area contributed by atoms with E-state index in [9.17, 15) is 0 Å². The molecule has 13 heavy (non-hydrogen) atoms. The summed E-state index contributed by atoms with van der Waals surface area (Å²) in [6.07, 6.45) is 3.51. The normalized spacial score (nSPS) is 13.1. The van der Waals surface area contributed by atoms with E-state index in [1.54, 1.807) is 29.4 Å². The summed E-state index contributed by atoms with van der Waals surface area (Å²) in [5, 5.41) is 1.96. The Morgan fingerprint density at radius 2 is 2.46 bits per heavy atom. The summed E-state index contributed by atoms with van der Waals surface area (Å²) in [6.45, 7) is 0. The number of aromatic nitrogens is 3. The summed E-state index contributed by atoms with van der Waals surface area (Å²) >= 11 is 1.55. The van der Waals surface area contributed by atoms with Crippen LogP contribution in [-0.2, 0) is 7.05 Å². The summed E-state index contributed by atoms with van der Waals surface area (Å²) in [5.41, 5.74) is 9.65. The average Bonchev–Trinajstić information content (AvgIpc) is 2.72. The van der Waals surface area contributed by atoms with Gasteiger partial charge in [0.25, 0.3) is 0 Å². The molecule has 0 bridgehead atoms. The largest absolute Gasteiger partial charge is 0.336 e. The van der Waals surface area contributed by atoms with Gasteiger partial charge in [0.15, 0.2) is 0 Å². The van der Waals surface area contributed by atoms with Crippen LogP contribution in [0.1, 0.15) is 17.4 Å². The number of imidazole rings is 1. The first-order valence-electron chi connectivity index (χ1n) is 3.89. The lowest BCUT2D eigenvalue weighted by molar-refractivity contribution is 0.732. The smallest absolute Gasteiger partial charge is 0.0946 e. The van der Waals surface area contributed by atoms with Gasteiger partial charge in [0.1, 0.15) is 0 Å². The van der Waals surface area contributed by atoms with Crippen LogP contribution >= 0.6 is 11.3 Å². The minimum atomic E-state index is -0.168. The summed E-state index contributed by atoms with van der Waals surface area (Å²) in [7, 11) is 1.93. The average molecular weight is 194 g/mol. The van der Waals surface area contributed by atoms with Crippen molar-refractivity contribution in [3.05, 3.63) is 34.8 Å². The maximum atomic E-state index is 5.99. The highest BCUT2D eigenvalue weighted by Crippen LogP contribution is 2.17. The van der Waals surface area contributed by atoms with Crippen molar-refractivity contribution < 1.29 is 0 Å². The molecule has 0 aliphatic carbocycles. The first-order chi connectivity index (χ1) is 6.29. The van der Waals surface area contributed by atoms with Crippen LogP contribution in [0.5, 0.6) is 0 Å². The molecular weight excluding hydrogens is 184 g/mol. The van der Waals surface area contributed by atoms with E-state index in [0.717, 1.165) is 11.4 Å². The van der Waals surface area contributed by atoms with Gasteiger partial charge in [-0.2, -0.15) is 0 Å². The lowest BCUT2D eigenvalue weighted by atomic mass is 10.2. The minimum absolute atomic E-state index is 0.168. The van der Waals surface area contributed by atoms with Gasteiger partial charge in [-0.15, -0.1) is 11.3 Å². The molecular formula is C8H10N4S. The summed E-state index contributed by atoms with van der Waals surface area (Å²) in [6, 6.07) is -0.168. The topological polar surface area (TPSA) is 56.7 Å². The fraction of sp³-hybridized carbons (Fsp3) is 0.250. The second-order valence-corrected chi connectivity index (χ2v) is 3.54. The summed E-state index contributed by atoms with van der Waals surface area (Å²) in [4.78, 5) is 8.18. The molecule has 0 aliphatic heterocycles. The Balaban J connectivity index is 2.33. The fourth-order valence-corrected chi connectivity index (χ4v) is 1.78. The number of aryl methyl sites for hydroxylation is 1. The van der Waals surface area contributed by atoms with E-state index in [4.69, 9.17) is 5.73 Å². The van der Waals surface area contributed by atoms with Gasteiger partial charge in [-0.3, -0.25) is 0 Å². The number of hydrogen-bond acceptors (Lipinski definition) is 4. The van der Waals surface area contributed by atoms with Gasteiger partial charge in [0.2, 0.25) is 0 Å². The van der Waals surface area contributed by atoms with Gasteiger partial charge < -0.3 is 10.3 Å². The van der Waals surface area contributed by atoms with Gasteiger partial charge in [-0.05, 0) is 0 Å². The van der Waals surface area contributed by atoms with Crippen molar-refractivity contribution in [3.63, 3.8) is 0 Å². The molecule has 1 unspecified atom stereocenters. The van der Waals surface area contributed by atoms with Crippen LogP contribution in [0.15, 0.2) is 23.4 Å². The molecule has 5 heteroatoms. The Hall–Kier alpha value is -1.20. The molecule has 68 valence electrons. The Kier molecular flexibility index (Phi) is 2.12. The molecule has 0 fully saturated rings. The first-order valence-corrected chi connectivity index (χ1v) is 4.83. The molecule has 2 rings (SSSR count). The van der Waals surface area contributed by atoms with Gasteiger partial charge in [-0.25, -0.2) is 9.97 Å². The second kappa shape index (κ2) is 3.27. The van der Waals surface area contributed by atoms with E-state index in [0.29, 0.717) is 0 Å². The van der Waals surface area contributed by atoms with E-state index < -0.39 is 0 Å². The molecule has 2 N–H and O–H groups in total. The molecule has 1 atom stereocenters. The van der Waals surface area contributed by atoms with Gasteiger partial charge in [0, 0.05) is 12.4 Å². The summed E-state index contributed by atoms with van der Waals surface area (Å²) in [5.74, 6) is 0. The number of nitrogens with two attached hydrogens (primary N) is 1. The van der Waals surface area contributed by atoms with E-state index in [1.807, 2.05) is 17.0 Å². The highest BCUT2D eigenvalue weighted by atomic mass is 32.1. The van der Waals surface area contributed by atoms with E-state index >= 15 is 0 Å². The van der Waals surface area contributed by atoms with Gasteiger partial charge >= 0.3 is 0 Å². The SMILES string of the molecule is Cn1cncc1C(N)c1cscn1. The zero-order chi connectivity index (χ0) is 9.26. The van der Waals surface area contributed by atoms with Crippen molar-refractivity contribution in [2.24, 2.45) is 12.8 Å². The molecule has 0 spiro atoms. The Labute approximate surface area is 80.1 Å². The monoisotopic (exact) mass is 194 g/mol. The van der Waals surface area contributed by atoms with Crippen LogP contribution in [0.4, 0.5) is 0 Å². The molecule has 0 aromatic carbocycles. The predicted octanol–water partition coefficient (Wildman–Crippen LogP) is 0.925. The Morgan fingerprint density at radius 3 is 3.00 bits per heavy atom. The zero-order valence-electron chi connectivity index (χ0n) is 7.21. The molecule has 0 saturated carbocycles. The molecule has 2 aromatic heterocycles. The number of rotatable bonds is 2.